The van der Waals surface area contributed by atoms with Gasteiger partial charge in [-0.3, -0.25) is 14.9 Å². The Morgan fingerprint density at radius 1 is 1.45 bits per heavy atom. The van der Waals surface area contributed by atoms with E-state index in [1.165, 1.54) is 0 Å². The molecule has 0 radical (unpaired) electrons. The second kappa shape index (κ2) is 6.60. The molecule has 2 atom stereocenters. The Morgan fingerprint density at radius 2 is 2.36 bits per heavy atom. The summed E-state index contributed by atoms with van der Waals surface area (Å²) in [5, 5.41) is 7.01. The van der Waals surface area contributed by atoms with Gasteiger partial charge in [-0.2, -0.15) is 5.10 Å². The predicted molar refractivity (Wildman–Crippen MR) is 81.5 cm³/mol. The highest BCUT2D eigenvalue weighted by molar-refractivity contribution is 5.81. The molecule has 2 aromatic heterocycles. The fourth-order valence-corrected chi connectivity index (χ4v) is 2.85. The molecule has 6 heteroatoms. The summed E-state index contributed by atoms with van der Waals surface area (Å²) < 4.78 is 5.68. The van der Waals surface area contributed by atoms with Crippen molar-refractivity contribution in [3.8, 4) is 5.75 Å². The second-order valence-electron chi connectivity index (χ2n) is 5.58. The van der Waals surface area contributed by atoms with Crippen LogP contribution in [0.15, 0.2) is 36.8 Å². The van der Waals surface area contributed by atoms with Crippen molar-refractivity contribution in [1.29, 1.82) is 0 Å². The molecule has 1 saturated heterocycles. The number of hydrogen-bond acceptors (Lipinski definition) is 4. The van der Waals surface area contributed by atoms with Crippen molar-refractivity contribution in [2.24, 2.45) is 0 Å². The Labute approximate surface area is 129 Å². The molecule has 1 aliphatic heterocycles. The van der Waals surface area contributed by atoms with Crippen molar-refractivity contribution in [3.63, 3.8) is 0 Å². The molecule has 1 fully saturated rings. The standard InChI is InChI=1S/C16H20N4O2/c1-12(22-14-5-2-7-17-10-14)16(21)20-9-3-4-13(11-20)15-6-8-18-19-15/h2,5-8,10,12-13H,3-4,9,11H2,1H3,(H,18,19)/t12-,13-/m0/s1. The summed E-state index contributed by atoms with van der Waals surface area (Å²) in [4.78, 5) is 18.5. The summed E-state index contributed by atoms with van der Waals surface area (Å²) in [6, 6.07) is 5.58. The third kappa shape index (κ3) is 3.27. The lowest BCUT2D eigenvalue weighted by atomic mass is 9.94. The molecule has 0 aliphatic carbocycles. The van der Waals surface area contributed by atoms with Crippen molar-refractivity contribution >= 4 is 5.91 Å². The van der Waals surface area contributed by atoms with Gasteiger partial charge < -0.3 is 9.64 Å². The maximum atomic E-state index is 12.6. The topological polar surface area (TPSA) is 71.1 Å². The number of amides is 1. The van der Waals surface area contributed by atoms with Gasteiger partial charge in [-0.15, -0.1) is 0 Å². The number of rotatable bonds is 4. The highest BCUT2D eigenvalue weighted by Gasteiger charge is 2.29. The maximum absolute atomic E-state index is 12.6. The molecular weight excluding hydrogens is 280 g/mol. The number of piperidine rings is 1. The van der Waals surface area contributed by atoms with Crippen molar-refractivity contribution in [3.05, 3.63) is 42.5 Å². The summed E-state index contributed by atoms with van der Waals surface area (Å²) in [5.74, 6) is 0.962. The average molecular weight is 300 g/mol. The fourth-order valence-electron chi connectivity index (χ4n) is 2.85. The van der Waals surface area contributed by atoms with Gasteiger partial charge in [-0.05, 0) is 38.0 Å². The largest absolute Gasteiger partial charge is 0.479 e. The predicted octanol–water partition coefficient (Wildman–Crippen LogP) is 1.98. The summed E-state index contributed by atoms with van der Waals surface area (Å²) in [5.41, 5.74) is 1.10. The molecule has 22 heavy (non-hydrogen) atoms. The van der Waals surface area contributed by atoms with Crippen LogP contribution in [0.2, 0.25) is 0 Å². The zero-order valence-electron chi connectivity index (χ0n) is 12.6. The van der Waals surface area contributed by atoms with Gasteiger partial charge in [0.2, 0.25) is 0 Å². The van der Waals surface area contributed by atoms with Crippen LogP contribution in [-0.4, -0.2) is 45.2 Å². The number of carbonyl (C=O) groups is 1. The number of carbonyl (C=O) groups excluding carboxylic acids is 1. The number of pyridine rings is 1. The van der Waals surface area contributed by atoms with Crippen LogP contribution in [0.4, 0.5) is 0 Å². The minimum atomic E-state index is -0.510. The molecular formula is C16H20N4O2. The molecule has 116 valence electrons. The molecule has 2 aromatic rings. The first-order valence-corrected chi connectivity index (χ1v) is 7.59. The number of nitrogens with one attached hydrogen (secondary N) is 1. The molecule has 0 bridgehead atoms. The number of likely N-dealkylation sites (tertiary alicyclic amines) is 1. The van der Waals surface area contributed by atoms with Gasteiger partial charge in [-0.1, -0.05) is 0 Å². The number of aromatic nitrogens is 3. The Bertz CT molecular complexity index is 600. The Kier molecular flexibility index (Phi) is 4.37. The highest BCUT2D eigenvalue weighted by Crippen LogP contribution is 2.26. The molecule has 3 heterocycles. The van der Waals surface area contributed by atoms with Crippen LogP contribution in [0, 0.1) is 0 Å². The van der Waals surface area contributed by atoms with E-state index in [0.717, 1.165) is 25.1 Å². The molecule has 0 aromatic carbocycles. The van der Waals surface area contributed by atoms with E-state index < -0.39 is 6.10 Å². The minimum Gasteiger partial charge on any atom is -0.479 e. The van der Waals surface area contributed by atoms with Crippen LogP contribution in [-0.2, 0) is 4.79 Å². The van der Waals surface area contributed by atoms with Gasteiger partial charge in [0.25, 0.3) is 5.91 Å². The number of ether oxygens (including phenoxy) is 1. The highest BCUT2D eigenvalue weighted by atomic mass is 16.5. The summed E-state index contributed by atoms with van der Waals surface area (Å²) in [6.45, 7) is 3.28. The minimum absolute atomic E-state index is 0.0214. The van der Waals surface area contributed by atoms with Crippen molar-refractivity contribution in [2.75, 3.05) is 13.1 Å². The summed E-state index contributed by atoms with van der Waals surface area (Å²) in [6.07, 6.45) is 6.61. The molecule has 1 N–H and O–H groups in total. The van der Waals surface area contributed by atoms with Gasteiger partial charge >= 0.3 is 0 Å². The lowest BCUT2D eigenvalue weighted by Gasteiger charge is -2.33. The monoisotopic (exact) mass is 300 g/mol. The first kappa shape index (κ1) is 14.6. The third-order valence-corrected chi connectivity index (χ3v) is 3.99. The molecule has 1 amide bonds. The van der Waals surface area contributed by atoms with E-state index in [2.05, 4.69) is 15.2 Å². The molecule has 0 spiro atoms. The van der Waals surface area contributed by atoms with Crippen LogP contribution in [0.5, 0.6) is 5.75 Å². The Balaban J connectivity index is 1.61. The van der Waals surface area contributed by atoms with Gasteiger partial charge in [0, 0.05) is 37.1 Å². The van der Waals surface area contributed by atoms with Crippen molar-refractivity contribution in [2.45, 2.75) is 31.8 Å². The fraction of sp³-hybridized carbons (Fsp3) is 0.438. The lowest BCUT2D eigenvalue weighted by Crippen LogP contribution is -2.45. The van der Waals surface area contributed by atoms with Crippen molar-refractivity contribution in [1.82, 2.24) is 20.1 Å². The van der Waals surface area contributed by atoms with Gasteiger partial charge in [0.05, 0.1) is 6.20 Å². The molecule has 0 unspecified atom stereocenters. The van der Waals surface area contributed by atoms with Crippen LogP contribution in [0.1, 0.15) is 31.4 Å². The van der Waals surface area contributed by atoms with Crippen LogP contribution in [0.25, 0.3) is 0 Å². The van der Waals surface area contributed by atoms with Crippen LogP contribution in [0.3, 0.4) is 0 Å². The number of aromatic amines is 1. The van der Waals surface area contributed by atoms with Gasteiger partial charge in [-0.25, -0.2) is 0 Å². The quantitative estimate of drug-likeness (QED) is 0.937. The van der Waals surface area contributed by atoms with Gasteiger partial charge in [0.15, 0.2) is 6.10 Å². The summed E-state index contributed by atoms with van der Waals surface area (Å²) in [7, 11) is 0. The zero-order chi connectivity index (χ0) is 15.4. The SMILES string of the molecule is C[C@H](Oc1cccnc1)C(=O)N1CCC[C@H](c2ccn[nH]2)C1. The number of H-pyrrole nitrogens is 1. The normalized spacial score (nSPS) is 19.7. The number of nitrogens with zero attached hydrogens (tertiary/aromatic N) is 3. The van der Waals surface area contributed by atoms with E-state index in [4.69, 9.17) is 4.74 Å². The van der Waals surface area contributed by atoms with Gasteiger partial charge in [0.1, 0.15) is 5.75 Å². The van der Waals surface area contributed by atoms with E-state index in [0.29, 0.717) is 18.2 Å². The Hall–Kier alpha value is -2.37. The van der Waals surface area contributed by atoms with Crippen molar-refractivity contribution < 1.29 is 9.53 Å². The molecule has 1 aliphatic rings. The first-order chi connectivity index (χ1) is 10.7. The lowest BCUT2D eigenvalue weighted by molar-refractivity contribution is -0.139. The van der Waals surface area contributed by atoms with Crippen LogP contribution >= 0.6 is 0 Å². The zero-order valence-corrected chi connectivity index (χ0v) is 12.6. The molecule has 0 saturated carbocycles. The first-order valence-electron chi connectivity index (χ1n) is 7.59. The Morgan fingerprint density at radius 3 is 3.09 bits per heavy atom. The van der Waals surface area contributed by atoms with Crippen LogP contribution < -0.4 is 4.74 Å². The third-order valence-electron chi connectivity index (χ3n) is 3.99. The number of hydrogen-bond donors (Lipinski definition) is 1. The summed E-state index contributed by atoms with van der Waals surface area (Å²) >= 11 is 0. The average Bonchev–Trinajstić information content (AvgIpc) is 3.10. The smallest absolute Gasteiger partial charge is 0.263 e. The van der Waals surface area contributed by atoms with E-state index in [1.807, 2.05) is 11.0 Å². The van der Waals surface area contributed by atoms with E-state index in [9.17, 15) is 4.79 Å². The second-order valence-corrected chi connectivity index (χ2v) is 5.58. The van der Waals surface area contributed by atoms with E-state index >= 15 is 0 Å². The molecule has 6 nitrogen and oxygen atoms in total. The maximum Gasteiger partial charge on any atom is 0.263 e. The molecule has 3 rings (SSSR count). The van der Waals surface area contributed by atoms with E-state index in [1.54, 1.807) is 37.6 Å². The van der Waals surface area contributed by atoms with E-state index in [-0.39, 0.29) is 5.91 Å².